The molecule has 0 aromatic rings. The fourth-order valence-corrected chi connectivity index (χ4v) is 1.90. The number of nitrogens with two attached hydrogens (primary N) is 1. The molecule has 0 aromatic heterocycles. The molecule has 68 valence electrons. The highest BCUT2D eigenvalue weighted by Crippen LogP contribution is 2.28. The monoisotopic (exact) mass is 167 g/mol. The Kier molecular flexibility index (Phi) is 3.32. The first-order valence-electron chi connectivity index (χ1n) is 4.68. The van der Waals surface area contributed by atoms with Crippen molar-refractivity contribution in [3.63, 3.8) is 0 Å². The van der Waals surface area contributed by atoms with Gasteiger partial charge in [0.2, 0.25) is 5.91 Å². The van der Waals surface area contributed by atoms with Crippen LogP contribution in [0.1, 0.15) is 39.0 Å². The smallest absolute Gasteiger partial charge is 0.241 e. The Balaban J connectivity index is 2.49. The van der Waals surface area contributed by atoms with Gasteiger partial charge in [0.15, 0.2) is 0 Å². The Hall–Kier alpha value is -0.790. The van der Waals surface area contributed by atoms with Gasteiger partial charge >= 0.3 is 0 Å². The third-order valence-corrected chi connectivity index (χ3v) is 2.62. The minimum Gasteiger partial charge on any atom is -0.366 e. The summed E-state index contributed by atoms with van der Waals surface area (Å²) in [6.45, 7) is 2.01. The summed E-state index contributed by atoms with van der Waals surface area (Å²) >= 11 is 0. The molecule has 0 saturated heterocycles. The molecule has 0 heterocycles. The molecule has 1 rings (SSSR count). The van der Waals surface area contributed by atoms with Crippen LogP contribution in [0, 0.1) is 5.92 Å². The van der Waals surface area contributed by atoms with Crippen molar-refractivity contribution < 1.29 is 4.79 Å². The van der Waals surface area contributed by atoms with Crippen LogP contribution < -0.4 is 5.73 Å². The summed E-state index contributed by atoms with van der Waals surface area (Å²) in [5.74, 6) is 0.310. The molecule has 0 aromatic carbocycles. The highest BCUT2D eigenvalue weighted by molar-refractivity contribution is 5.86. The Morgan fingerprint density at radius 2 is 1.92 bits per heavy atom. The molecule has 0 aliphatic heterocycles. The van der Waals surface area contributed by atoms with E-state index in [1.54, 1.807) is 6.08 Å². The van der Waals surface area contributed by atoms with Crippen molar-refractivity contribution >= 4 is 5.91 Å². The van der Waals surface area contributed by atoms with Crippen LogP contribution in [0.3, 0.4) is 0 Å². The molecule has 2 nitrogen and oxygen atoms in total. The molecule has 0 atom stereocenters. The van der Waals surface area contributed by atoms with Crippen molar-refractivity contribution in [1.29, 1.82) is 0 Å². The van der Waals surface area contributed by atoms with E-state index < -0.39 is 0 Å². The third-order valence-electron chi connectivity index (χ3n) is 2.62. The van der Waals surface area contributed by atoms with Crippen molar-refractivity contribution in [3.8, 4) is 0 Å². The van der Waals surface area contributed by atoms with Crippen molar-refractivity contribution in [2.45, 2.75) is 39.0 Å². The molecule has 1 aliphatic carbocycles. The van der Waals surface area contributed by atoms with E-state index in [9.17, 15) is 4.79 Å². The Morgan fingerprint density at radius 3 is 2.42 bits per heavy atom. The maximum atomic E-state index is 10.6. The molecule has 12 heavy (non-hydrogen) atoms. The van der Waals surface area contributed by atoms with E-state index in [-0.39, 0.29) is 5.91 Å². The van der Waals surface area contributed by atoms with Crippen LogP contribution in [0.2, 0.25) is 0 Å². The van der Waals surface area contributed by atoms with Gasteiger partial charge in [-0.3, -0.25) is 4.79 Å². The van der Waals surface area contributed by atoms with Gasteiger partial charge in [0.05, 0.1) is 0 Å². The molecule has 0 unspecified atom stereocenters. The minimum atomic E-state index is -0.307. The molecule has 0 bridgehead atoms. The van der Waals surface area contributed by atoms with Gasteiger partial charge in [-0.05, 0) is 25.7 Å². The van der Waals surface area contributed by atoms with Gasteiger partial charge < -0.3 is 5.73 Å². The number of hydrogen-bond donors (Lipinski definition) is 1. The van der Waals surface area contributed by atoms with E-state index in [0.29, 0.717) is 5.92 Å². The van der Waals surface area contributed by atoms with E-state index in [1.807, 2.05) is 6.92 Å². The van der Waals surface area contributed by atoms with Gasteiger partial charge in [-0.25, -0.2) is 0 Å². The minimum absolute atomic E-state index is 0.307. The zero-order chi connectivity index (χ0) is 8.97. The van der Waals surface area contributed by atoms with E-state index in [1.165, 1.54) is 37.7 Å². The van der Waals surface area contributed by atoms with E-state index in [2.05, 4.69) is 0 Å². The van der Waals surface area contributed by atoms with Crippen LogP contribution >= 0.6 is 0 Å². The van der Waals surface area contributed by atoms with Crippen LogP contribution in [0.15, 0.2) is 11.6 Å². The summed E-state index contributed by atoms with van der Waals surface area (Å²) in [5.41, 5.74) is 6.25. The zero-order valence-electron chi connectivity index (χ0n) is 7.68. The second kappa shape index (κ2) is 4.29. The Morgan fingerprint density at radius 1 is 1.33 bits per heavy atom. The molecule has 1 saturated carbocycles. The lowest BCUT2D eigenvalue weighted by Gasteiger charge is -2.21. The lowest BCUT2D eigenvalue weighted by Crippen LogP contribution is -2.12. The largest absolute Gasteiger partial charge is 0.366 e. The summed E-state index contributed by atoms with van der Waals surface area (Å²) in [6, 6.07) is 0. The Bertz CT molecular complexity index is 190. The first-order chi connectivity index (χ1) is 5.70. The van der Waals surface area contributed by atoms with Gasteiger partial charge in [-0.2, -0.15) is 0 Å². The summed E-state index contributed by atoms with van der Waals surface area (Å²) in [6.07, 6.45) is 7.99. The number of primary amides is 1. The Labute approximate surface area is 73.8 Å². The first kappa shape index (κ1) is 9.30. The summed E-state index contributed by atoms with van der Waals surface area (Å²) in [7, 11) is 0. The van der Waals surface area contributed by atoms with Gasteiger partial charge in [0.1, 0.15) is 0 Å². The predicted octanol–water partition coefficient (Wildman–Crippen LogP) is 2.00. The van der Waals surface area contributed by atoms with Gasteiger partial charge in [0, 0.05) is 6.08 Å². The third kappa shape index (κ3) is 2.68. The van der Waals surface area contributed by atoms with Crippen LogP contribution in [-0.2, 0) is 4.79 Å². The van der Waals surface area contributed by atoms with E-state index >= 15 is 0 Å². The van der Waals surface area contributed by atoms with Gasteiger partial charge in [-0.1, -0.05) is 24.8 Å². The standard InChI is InChI=1S/C10H17NO/c1-8(7-10(11)12)9-5-3-2-4-6-9/h7,9H,2-6H2,1H3,(H2,11,12). The highest BCUT2D eigenvalue weighted by atomic mass is 16.1. The average molecular weight is 167 g/mol. The molecule has 2 N–H and O–H groups in total. The molecule has 0 radical (unpaired) electrons. The molecule has 1 amide bonds. The number of allylic oxidation sites excluding steroid dienone is 1. The van der Waals surface area contributed by atoms with Crippen LogP contribution in [0.5, 0.6) is 0 Å². The van der Waals surface area contributed by atoms with Crippen LogP contribution in [-0.4, -0.2) is 5.91 Å². The first-order valence-corrected chi connectivity index (χ1v) is 4.68. The highest BCUT2D eigenvalue weighted by Gasteiger charge is 2.14. The molecule has 0 spiro atoms. The maximum Gasteiger partial charge on any atom is 0.241 e. The maximum absolute atomic E-state index is 10.6. The van der Waals surface area contributed by atoms with Crippen molar-refractivity contribution in [2.75, 3.05) is 0 Å². The molecule has 1 fully saturated rings. The van der Waals surface area contributed by atoms with Crippen LogP contribution in [0.4, 0.5) is 0 Å². The molecule has 2 heteroatoms. The van der Waals surface area contributed by atoms with Crippen molar-refractivity contribution in [3.05, 3.63) is 11.6 Å². The zero-order valence-corrected chi connectivity index (χ0v) is 7.68. The molecule has 1 aliphatic rings. The number of carbonyl (C=O) groups is 1. The predicted molar refractivity (Wildman–Crippen MR) is 49.5 cm³/mol. The number of carbonyl (C=O) groups excluding carboxylic acids is 1. The molecular weight excluding hydrogens is 150 g/mol. The van der Waals surface area contributed by atoms with Crippen molar-refractivity contribution in [2.24, 2.45) is 11.7 Å². The summed E-state index contributed by atoms with van der Waals surface area (Å²) in [4.78, 5) is 10.6. The van der Waals surface area contributed by atoms with Crippen molar-refractivity contribution in [1.82, 2.24) is 0 Å². The lowest BCUT2D eigenvalue weighted by atomic mass is 9.84. The second-order valence-electron chi connectivity index (χ2n) is 3.63. The molecular formula is C10H17NO. The van der Waals surface area contributed by atoms with Crippen LogP contribution in [0.25, 0.3) is 0 Å². The number of hydrogen-bond acceptors (Lipinski definition) is 1. The summed E-state index contributed by atoms with van der Waals surface area (Å²) < 4.78 is 0. The lowest BCUT2D eigenvalue weighted by molar-refractivity contribution is -0.113. The number of amides is 1. The van der Waals surface area contributed by atoms with Gasteiger partial charge in [-0.15, -0.1) is 0 Å². The van der Waals surface area contributed by atoms with E-state index in [4.69, 9.17) is 5.73 Å². The SMILES string of the molecule is CC(=CC(N)=O)C1CCCCC1. The fraction of sp³-hybridized carbons (Fsp3) is 0.700. The summed E-state index contributed by atoms with van der Waals surface area (Å²) in [5, 5.41) is 0. The normalized spacial score (nSPS) is 20.9. The topological polar surface area (TPSA) is 43.1 Å². The van der Waals surface area contributed by atoms with E-state index in [0.717, 1.165) is 0 Å². The average Bonchev–Trinajstić information content (AvgIpc) is 2.05. The fourth-order valence-electron chi connectivity index (χ4n) is 1.90. The number of rotatable bonds is 2. The quantitative estimate of drug-likeness (QED) is 0.628. The van der Waals surface area contributed by atoms with Gasteiger partial charge in [0.25, 0.3) is 0 Å². The second-order valence-corrected chi connectivity index (χ2v) is 3.63.